The van der Waals surface area contributed by atoms with Crippen LogP contribution < -0.4 is 0 Å². The Hall–Kier alpha value is -1.80. The number of hydrogen-bond acceptors (Lipinski definition) is 2. The van der Waals surface area contributed by atoms with Gasteiger partial charge in [0.05, 0.1) is 17.1 Å². The van der Waals surface area contributed by atoms with Crippen LogP contribution in [0.1, 0.15) is 11.3 Å². The molecule has 0 aliphatic carbocycles. The minimum atomic E-state index is -4.57. The largest absolute Gasteiger partial charge is 0.433 e. The van der Waals surface area contributed by atoms with Gasteiger partial charge in [0.2, 0.25) is 0 Å². The number of alkyl halides is 3. The van der Waals surface area contributed by atoms with Gasteiger partial charge in [-0.1, -0.05) is 11.6 Å². The minimum Gasteiger partial charge on any atom is -0.243 e. The molecule has 0 bridgehead atoms. The van der Waals surface area contributed by atoms with Crippen molar-refractivity contribution in [3.63, 3.8) is 0 Å². The number of nitriles is 1. The molecule has 2 aromatic rings. The first kappa shape index (κ1) is 11.7. The zero-order valence-electron chi connectivity index (χ0n) is 8.22. The standard InChI is InChI=1S/C11H4ClF3N2/c12-7-1-2-9-8(4-7)6(5-16)3-10(17-9)11(13,14)15/h1-4H. The number of benzene rings is 1. The lowest BCUT2D eigenvalue weighted by atomic mass is 10.1. The van der Waals surface area contributed by atoms with Crippen LogP contribution in [-0.2, 0) is 6.18 Å². The van der Waals surface area contributed by atoms with Gasteiger partial charge in [-0.05, 0) is 24.3 Å². The number of hydrogen-bond donors (Lipinski definition) is 0. The van der Waals surface area contributed by atoms with Crippen LogP contribution in [0.4, 0.5) is 13.2 Å². The topological polar surface area (TPSA) is 36.7 Å². The fourth-order valence-electron chi connectivity index (χ4n) is 1.44. The molecule has 6 heteroatoms. The Labute approximate surface area is 99.3 Å². The number of halogens is 4. The molecule has 0 N–H and O–H groups in total. The average Bonchev–Trinajstić information content (AvgIpc) is 2.26. The zero-order chi connectivity index (χ0) is 12.6. The van der Waals surface area contributed by atoms with E-state index >= 15 is 0 Å². The van der Waals surface area contributed by atoms with Crippen molar-refractivity contribution < 1.29 is 13.2 Å². The summed E-state index contributed by atoms with van der Waals surface area (Å²) < 4.78 is 37.5. The summed E-state index contributed by atoms with van der Waals surface area (Å²) in [5.41, 5.74) is -1.07. The third-order valence-corrected chi connectivity index (χ3v) is 2.42. The highest BCUT2D eigenvalue weighted by molar-refractivity contribution is 6.31. The van der Waals surface area contributed by atoms with E-state index in [1.807, 2.05) is 0 Å². The van der Waals surface area contributed by atoms with Crippen LogP contribution in [0.25, 0.3) is 10.9 Å². The molecule has 0 fully saturated rings. The summed E-state index contributed by atoms with van der Waals surface area (Å²) in [6, 6.07) is 6.63. The second kappa shape index (κ2) is 3.90. The Morgan fingerprint density at radius 2 is 1.94 bits per heavy atom. The normalized spacial score (nSPS) is 11.5. The van der Waals surface area contributed by atoms with Gasteiger partial charge in [0.25, 0.3) is 0 Å². The van der Waals surface area contributed by atoms with E-state index in [1.54, 1.807) is 6.07 Å². The quantitative estimate of drug-likeness (QED) is 0.719. The van der Waals surface area contributed by atoms with Crippen molar-refractivity contribution in [2.24, 2.45) is 0 Å². The minimum absolute atomic E-state index is 0.0928. The van der Waals surface area contributed by atoms with Crippen LogP contribution in [0, 0.1) is 11.3 Å². The maximum atomic E-state index is 12.5. The molecule has 0 aliphatic heterocycles. The van der Waals surface area contributed by atoms with E-state index in [9.17, 15) is 13.2 Å². The highest BCUT2D eigenvalue weighted by Crippen LogP contribution is 2.31. The first-order chi connectivity index (χ1) is 7.91. The van der Waals surface area contributed by atoms with Crippen LogP contribution in [0.2, 0.25) is 5.02 Å². The predicted octanol–water partition coefficient (Wildman–Crippen LogP) is 3.78. The van der Waals surface area contributed by atoms with Crippen LogP contribution in [0.15, 0.2) is 24.3 Å². The van der Waals surface area contributed by atoms with Crippen molar-refractivity contribution in [2.75, 3.05) is 0 Å². The van der Waals surface area contributed by atoms with Crippen molar-refractivity contribution >= 4 is 22.5 Å². The molecule has 2 rings (SSSR count). The lowest BCUT2D eigenvalue weighted by molar-refractivity contribution is -0.140. The van der Waals surface area contributed by atoms with Gasteiger partial charge in [-0.25, -0.2) is 4.98 Å². The van der Waals surface area contributed by atoms with E-state index < -0.39 is 11.9 Å². The molecule has 17 heavy (non-hydrogen) atoms. The monoisotopic (exact) mass is 256 g/mol. The fraction of sp³-hybridized carbons (Fsp3) is 0.0909. The Bertz CT molecular complexity index is 629. The molecular weight excluding hydrogens is 253 g/mol. The van der Waals surface area contributed by atoms with Crippen LogP contribution in [-0.4, -0.2) is 4.98 Å². The maximum Gasteiger partial charge on any atom is 0.433 e. The number of nitrogens with zero attached hydrogens (tertiary/aromatic N) is 2. The summed E-state index contributed by atoms with van der Waals surface area (Å²) in [5, 5.41) is 9.48. The van der Waals surface area contributed by atoms with Crippen molar-refractivity contribution in [1.29, 1.82) is 5.26 Å². The molecule has 1 heterocycles. The van der Waals surface area contributed by atoms with Gasteiger partial charge >= 0.3 is 6.18 Å². The molecule has 0 aliphatic rings. The zero-order valence-corrected chi connectivity index (χ0v) is 8.97. The van der Waals surface area contributed by atoms with Gasteiger partial charge in [-0.2, -0.15) is 18.4 Å². The Morgan fingerprint density at radius 3 is 2.53 bits per heavy atom. The summed E-state index contributed by atoms with van der Waals surface area (Å²) >= 11 is 5.72. The second-order valence-electron chi connectivity index (χ2n) is 3.33. The van der Waals surface area contributed by atoms with Gasteiger partial charge in [0.1, 0.15) is 5.69 Å². The van der Waals surface area contributed by atoms with Gasteiger partial charge in [-0.3, -0.25) is 0 Å². The summed E-state index contributed by atoms with van der Waals surface area (Å²) in [6.07, 6.45) is -4.57. The SMILES string of the molecule is N#Cc1cc(C(F)(F)F)nc2ccc(Cl)cc12. The van der Waals surface area contributed by atoms with Gasteiger partial charge in [0.15, 0.2) is 0 Å². The molecular formula is C11H4ClF3N2. The summed E-state index contributed by atoms with van der Waals surface area (Å²) in [6.45, 7) is 0. The number of pyridine rings is 1. The highest BCUT2D eigenvalue weighted by atomic mass is 35.5. The molecule has 1 aromatic carbocycles. The fourth-order valence-corrected chi connectivity index (χ4v) is 1.61. The van der Waals surface area contributed by atoms with Crippen molar-refractivity contribution in [1.82, 2.24) is 4.98 Å². The molecule has 0 atom stereocenters. The van der Waals surface area contributed by atoms with E-state index in [-0.39, 0.29) is 11.1 Å². The molecule has 0 spiro atoms. The van der Waals surface area contributed by atoms with Crippen LogP contribution in [0.5, 0.6) is 0 Å². The van der Waals surface area contributed by atoms with E-state index in [0.29, 0.717) is 10.4 Å². The van der Waals surface area contributed by atoms with Crippen LogP contribution >= 0.6 is 11.6 Å². The van der Waals surface area contributed by atoms with E-state index in [0.717, 1.165) is 6.07 Å². The van der Waals surface area contributed by atoms with Gasteiger partial charge in [-0.15, -0.1) is 0 Å². The lowest BCUT2D eigenvalue weighted by Crippen LogP contribution is -2.08. The van der Waals surface area contributed by atoms with Crippen LogP contribution in [0.3, 0.4) is 0 Å². The number of rotatable bonds is 0. The Balaban J connectivity index is 2.81. The molecule has 0 saturated carbocycles. The molecule has 1 aromatic heterocycles. The van der Waals surface area contributed by atoms with Crippen molar-refractivity contribution in [3.05, 3.63) is 40.5 Å². The van der Waals surface area contributed by atoms with Gasteiger partial charge < -0.3 is 0 Å². The number of fused-ring (bicyclic) bond motifs is 1. The lowest BCUT2D eigenvalue weighted by Gasteiger charge is -2.08. The first-order valence-electron chi connectivity index (χ1n) is 4.49. The first-order valence-corrected chi connectivity index (χ1v) is 4.87. The Kier molecular flexibility index (Phi) is 2.68. The van der Waals surface area contributed by atoms with E-state index in [2.05, 4.69) is 4.98 Å². The molecule has 0 saturated heterocycles. The molecule has 0 radical (unpaired) electrons. The van der Waals surface area contributed by atoms with Crippen molar-refractivity contribution in [3.8, 4) is 6.07 Å². The third kappa shape index (κ3) is 2.17. The van der Waals surface area contributed by atoms with Gasteiger partial charge in [0, 0.05) is 10.4 Å². The third-order valence-electron chi connectivity index (χ3n) is 2.18. The predicted molar refractivity (Wildman–Crippen MR) is 56.5 cm³/mol. The molecule has 2 nitrogen and oxygen atoms in total. The smallest absolute Gasteiger partial charge is 0.243 e. The Morgan fingerprint density at radius 1 is 1.24 bits per heavy atom. The second-order valence-corrected chi connectivity index (χ2v) is 3.76. The summed E-state index contributed by atoms with van der Waals surface area (Å²) in [5.74, 6) is 0. The maximum absolute atomic E-state index is 12.5. The molecule has 0 amide bonds. The number of aromatic nitrogens is 1. The van der Waals surface area contributed by atoms with E-state index in [1.165, 1.54) is 18.2 Å². The molecule has 86 valence electrons. The van der Waals surface area contributed by atoms with Crippen molar-refractivity contribution in [2.45, 2.75) is 6.18 Å². The average molecular weight is 257 g/mol. The molecule has 0 unspecified atom stereocenters. The highest BCUT2D eigenvalue weighted by Gasteiger charge is 2.33. The van der Waals surface area contributed by atoms with E-state index in [4.69, 9.17) is 16.9 Å². The summed E-state index contributed by atoms with van der Waals surface area (Å²) in [4.78, 5) is 3.46. The summed E-state index contributed by atoms with van der Waals surface area (Å²) in [7, 11) is 0.